The van der Waals surface area contributed by atoms with E-state index in [2.05, 4.69) is 54.5 Å². The van der Waals surface area contributed by atoms with Crippen molar-refractivity contribution in [2.45, 2.75) is 18.8 Å². The first-order chi connectivity index (χ1) is 21.0. The molecule has 1 amide bonds. The summed E-state index contributed by atoms with van der Waals surface area (Å²) in [6.45, 7) is 1.32. The van der Waals surface area contributed by atoms with Crippen LogP contribution in [0.25, 0.3) is 11.0 Å². The fraction of sp³-hybridized carbons (Fsp3) is 0.125. The molecule has 0 spiro atoms. The third-order valence-corrected chi connectivity index (χ3v) is 8.74. The van der Waals surface area contributed by atoms with Crippen molar-refractivity contribution >= 4 is 44.7 Å². The van der Waals surface area contributed by atoms with Crippen LogP contribution < -0.4 is 15.4 Å². The Balaban J connectivity index is 1.19. The zero-order valence-electron chi connectivity index (χ0n) is 23.1. The molecule has 0 saturated carbocycles. The molecule has 0 fully saturated rings. The number of allylic oxidation sites excluding steroid dienone is 1. The largest absolute Gasteiger partial charge is 0.465 e. The summed E-state index contributed by atoms with van der Waals surface area (Å²) in [5.41, 5.74) is 4.26. The van der Waals surface area contributed by atoms with Gasteiger partial charge in [0.2, 0.25) is 0 Å². The molecular formula is C32H29FN6O3S. The Morgan fingerprint density at radius 3 is 2.49 bits per heavy atom. The second-order valence-corrected chi connectivity index (χ2v) is 11.6. The monoisotopic (exact) mass is 596 g/mol. The molecule has 11 heteroatoms. The number of benzene rings is 3. The van der Waals surface area contributed by atoms with Crippen LogP contribution in [-0.4, -0.2) is 42.0 Å². The Kier molecular flexibility index (Phi) is 8.32. The molecule has 9 nitrogen and oxygen atoms in total. The summed E-state index contributed by atoms with van der Waals surface area (Å²) in [7, 11) is -0.273. The number of hydrogen-bond donors (Lipinski definition) is 3. The molecule has 1 atom stereocenters. The minimum atomic E-state index is -1.09. The number of ether oxygens (including phenoxy) is 1. The highest BCUT2D eigenvalue weighted by atomic mass is 32.2. The first-order valence-corrected chi connectivity index (χ1v) is 15.1. The topological polar surface area (TPSA) is 105 Å². The summed E-state index contributed by atoms with van der Waals surface area (Å²) in [5, 5.41) is 16.5. The molecule has 5 aromatic rings. The van der Waals surface area contributed by atoms with E-state index in [0.717, 1.165) is 5.75 Å². The average Bonchev–Trinajstić information content (AvgIpc) is 3.59. The maximum atomic E-state index is 15.4. The molecule has 3 N–H and O–H groups in total. The fourth-order valence-corrected chi connectivity index (χ4v) is 6.62. The predicted molar refractivity (Wildman–Crippen MR) is 168 cm³/mol. The minimum Gasteiger partial charge on any atom is -0.465 e. The van der Waals surface area contributed by atoms with Crippen LogP contribution in [0, 0.1) is 5.82 Å². The van der Waals surface area contributed by atoms with Crippen LogP contribution >= 0.6 is 10.7 Å². The Hall–Kier alpha value is -5.16. The van der Waals surface area contributed by atoms with Crippen molar-refractivity contribution in [3.05, 3.63) is 126 Å². The summed E-state index contributed by atoms with van der Waals surface area (Å²) in [6, 6.07) is 27.0. The van der Waals surface area contributed by atoms with E-state index in [-0.39, 0.29) is 23.0 Å². The molecule has 3 heterocycles. The predicted octanol–water partition coefficient (Wildman–Crippen LogP) is 6.50. The van der Waals surface area contributed by atoms with Crippen LogP contribution in [0.1, 0.15) is 11.1 Å². The Morgan fingerprint density at radius 2 is 1.74 bits per heavy atom. The number of carboxylic acid groups (broad SMARTS) is 1. The standard InChI is InChI=1S/C32H29FN6O3S/c33-27-17-25(37-31-30-28(35-22-36-31)13-15-38(30)16-14-34-32(40)41)11-12-29(27)42-26-19-39(18-23-7-3-1-4-8-23)43(21-26)20-24-9-5-2-6-10-24/h1-13,15,17,19,21-22,34H,14,16,18,20H2,(H,40,41)(H,35,36,37). The van der Waals surface area contributed by atoms with Crippen molar-refractivity contribution in [2.24, 2.45) is 0 Å². The number of fused-ring (bicyclic) bond motifs is 1. The maximum absolute atomic E-state index is 15.4. The summed E-state index contributed by atoms with van der Waals surface area (Å²) < 4.78 is 25.5. The number of carbonyl (C=O) groups is 1. The zero-order valence-corrected chi connectivity index (χ0v) is 23.9. The molecule has 1 aliphatic heterocycles. The molecule has 1 unspecified atom stereocenters. The molecule has 0 saturated heterocycles. The lowest BCUT2D eigenvalue weighted by Crippen LogP contribution is -2.25. The first kappa shape index (κ1) is 28.0. The van der Waals surface area contributed by atoms with Gasteiger partial charge in [-0.3, -0.25) is 0 Å². The van der Waals surface area contributed by atoms with E-state index in [1.54, 1.807) is 12.1 Å². The minimum absolute atomic E-state index is 0.119. The normalized spacial score (nSPS) is 14.3. The highest BCUT2D eigenvalue weighted by Crippen LogP contribution is 2.35. The molecule has 0 radical (unpaired) electrons. The van der Waals surface area contributed by atoms with E-state index >= 15 is 4.39 Å². The summed E-state index contributed by atoms with van der Waals surface area (Å²) in [5.74, 6) is 1.50. The third-order valence-electron chi connectivity index (χ3n) is 6.76. The van der Waals surface area contributed by atoms with E-state index in [1.165, 1.54) is 23.5 Å². The molecule has 0 aliphatic carbocycles. The highest BCUT2D eigenvalue weighted by molar-refractivity contribution is 8.12. The molecule has 2 aromatic heterocycles. The number of hydrogen-bond acceptors (Lipinski definition) is 6. The van der Waals surface area contributed by atoms with Gasteiger partial charge in [0.1, 0.15) is 11.8 Å². The van der Waals surface area contributed by atoms with Crippen molar-refractivity contribution < 1.29 is 19.0 Å². The number of amides is 1. The molecular weight excluding hydrogens is 567 g/mol. The van der Waals surface area contributed by atoms with Gasteiger partial charge in [-0.05, 0) is 29.3 Å². The first-order valence-electron chi connectivity index (χ1n) is 13.6. The van der Waals surface area contributed by atoms with Crippen molar-refractivity contribution in [2.75, 3.05) is 11.9 Å². The summed E-state index contributed by atoms with van der Waals surface area (Å²) >= 11 is 0. The average molecular weight is 597 g/mol. The Bertz CT molecular complexity index is 1810. The van der Waals surface area contributed by atoms with Gasteiger partial charge in [-0.1, -0.05) is 71.3 Å². The van der Waals surface area contributed by atoms with E-state index in [9.17, 15) is 4.79 Å². The van der Waals surface area contributed by atoms with E-state index in [0.29, 0.717) is 41.4 Å². The van der Waals surface area contributed by atoms with Crippen molar-refractivity contribution in [3.8, 4) is 5.75 Å². The molecule has 0 bridgehead atoms. The van der Waals surface area contributed by atoms with Crippen molar-refractivity contribution in [3.63, 3.8) is 0 Å². The number of nitrogens with one attached hydrogen (secondary N) is 2. The maximum Gasteiger partial charge on any atom is 0.404 e. The Morgan fingerprint density at radius 1 is 0.977 bits per heavy atom. The van der Waals surface area contributed by atoms with Gasteiger partial charge in [0.15, 0.2) is 23.1 Å². The van der Waals surface area contributed by atoms with Crippen molar-refractivity contribution in [1.82, 2.24) is 24.2 Å². The van der Waals surface area contributed by atoms with E-state index < -0.39 is 11.9 Å². The highest BCUT2D eigenvalue weighted by Gasteiger charge is 2.19. The smallest absolute Gasteiger partial charge is 0.404 e. The quantitative estimate of drug-likeness (QED) is 0.150. The zero-order chi connectivity index (χ0) is 29.6. The van der Waals surface area contributed by atoms with Gasteiger partial charge in [0.25, 0.3) is 0 Å². The lowest BCUT2D eigenvalue weighted by atomic mass is 10.2. The lowest BCUT2D eigenvalue weighted by molar-refractivity contribution is 0.194. The third kappa shape index (κ3) is 6.84. The van der Waals surface area contributed by atoms with Gasteiger partial charge < -0.3 is 29.3 Å². The van der Waals surface area contributed by atoms with Gasteiger partial charge in [0, 0.05) is 42.2 Å². The Labute approximate surface area is 250 Å². The number of halogens is 1. The van der Waals surface area contributed by atoms with Crippen LogP contribution in [0.3, 0.4) is 0 Å². The van der Waals surface area contributed by atoms with Crippen LogP contribution in [0.2, 0.25) is 0 Å². The molecule has 6 rings (SSSR count). The second kappa shape index (κ2) is 12.8. The lowest BCUT2D eigenvalue weighted by Gasteiger charge is -2.21. The van der Waals surface area contributed by atoms with Crippen LogP contribution in [0.4, 0.5) is 20.7 Å². The van der Waals surface area contributed by atoms with Crippen molar-refractivity contribution in [1.29, 1.82) is 0 Å². The van der Waals surface area contributed by atoms with Gasteiger partial charge in [-0.15, -0.1) is 0 Å². The van der Waals surface area contributed by atoms with Gasteiger partial charge in [-0.25, -0.2) is 19.2 Å². The van der Waals surface area contributed by atoms with E-state index in [1.807, 2.05) is 59.4 Å². The number of nitrogens with zero attached hydrogens (tertiary/aromatic N) is 4. The summed E-state index contributed by atoms with van der Waals surface area (Å²) in [6.07, 6.45) is 4.10. The second-order valence-electron chi connectivity index (χ2n) is 9.81. The molecule has 43 heavy (non-hydrogen) atoms. The molecule has 1 aliphatic rings. The van der Waals surface area contributed by atoms with Crippen LogP contribution in [0.15, 0.2) is 109 Å². The van der Waals surface area contributed by atoms with Gasteiger partial charge >= 0.3 is 6.09 Å². The number of rotatable bonds is 11. The van der Waals surface area contributed by atoms with Gasteiger partial charge in [-0.2, -0.15) is 0 Å². The van der Waals surface area contributed by atoms with Gasteiger partial charge in [0.05, 0.1) is 18.3 Å². The molecule has 3 aromatic carbocycles. The SMILES string of the molecule is O=C(O)NCCn1ccc2ncnc(Nc3ccc(OC4=CN(Cc5ccccc5)S(Cc5ccccc5)=C4)c(F)c3)c21. The van der Waals surface area contributed by atoms with Crippen LogP contribution in [-0.2, 0) is 18.8 Å². The number of anilines is 2. The summed E-state index contributed by atoms with van der Waals surface area (Å²) in [4.78, 5) is 19.5. The van der Waals surface area contributed by atoms with Crippen LogP contribution in [0.5, 0.6) is 5.75 Å². The fourth-order valence-electron chi connectivity index (χ4n) is 4.77. The van der Waals surface area contributed by atoms with E-state index in [4.69, 9.17) is 9.84 Å². The molecule has 218 valence electrons. The number of aromatic nitrogens is 3.